The van der Waals surface area contributed by atoms with E-state index < -0.39 is 6.11 Å². The molecule has 6 nitrogen and oxygen atoms in total. The van der Waals surface area contributed by atoms with Crippen LogP contribution in [0.25, 0.3) is 28.3 Å². The van der Waals surface area contributed by atoms with Gasteiger partial charge in [0, 0.05) is 18.1 Å². The molecule has 29 heavy (non-hydrogen) atoms. The van der Waals surface area contributed by atoms with Crippen LogP contribution in [0.15, 0.2) is 54.6 Å². The zero-order valence-electron chi connectivity index (χ0n) is 15.6. The lowest BCUT2D eigenvalue weighted by molar-refractivity contribution is -0.158. The van der Waals surface area contributed by atoms with Gasteiger partial charge in [0.25, 0.3) is 0 Å². The van der Waals surface area contributed by atoms with E-state index in [2.05, 4.69) is 26.1 Å². The van der Waals surface area contributed by atoms with E-state index in [1.54, 1.807) is 60.0 Å². The molecule has 4 rings (SSSR count). The number of ether oxygens (including phenoxy) is 1. The van der Waals surface area contributed by atoms with Gasteiger partial charge in [-0.1, -0.05) is 0 Å². The summed E-state index contributed by atoms with van der Waals surface area (Å²) in [4.78, 5) is 0. The third-order valence-electron chi connectivity index (χ3n) is 4.31. The monoisotopic (exact) mass is 391 g/mol. The number of benzene rings is 2. The van der Waals surface area contributed by atoms with Crippen molar-refractivity contribution in [2.24, 2.45) is 0 Å². The lowest BCUT2D eigenvalue weighted by Gasteiger charge is -2.14. The summed E-state index contributed by atoms with van der Waals surface area (Å²) in [6.45, 7) is 2.50. The summed E-state index contributed by atoms with van der Waals surface area (Å²) < 4.78 is 32.4. The van der Waals surface area contributed by atoms with Crippen LogP contribution in [0, 0.1) is 18.3 Å². The lowest BCUT2D eigenvalue weighted by atomic mass is 10.1. The minimum Gasteiger partial charge on any atom is -0.433 e. The molecule has 0 aliphatic carbocycles. The van der Waals surface area contributed by atoms with Gasteiger partial charge in [-0.2, -0.15) is 23.7 Å². The SMILES string of the molecule is Cc1cc(OC(C)(F)F)ccc1-c1ccc2nnc(-c3ccc(C#N)cc3)n2n1. The molecule has 2 aromatic carbocycles. The molecular formula is C21H15F2N5O. The molecule has 4 aromatic rings. The standard InChI is InChI=1S/C21H15F2N5O/c1-13-11-16(29-21(2,22)23)7-8-17(13)18-9-10-19-25-26-20(28(19)27-18)15-5-3-14(12-24)4-6-15/h3-11H,1-2H3. The number of nitrogens with zero attached hydrogens (tertiary/aromatic N) is 5. The largest absolute Gasteiger partial charge is 0.433 e. The van der Waals surface area contributed by atoms with E-state index >= 15 is 0 Å². The van der Waals surface area contributed by atoms with Crippen molar-refractivity contribution in [2.45, 2.75) is 20.0 Å². The molecule has 8 heteroatoms. The Bertz CT molecular complexity index is 1240. The third kappa shape index (κ3) is 3.75. The van der Waals surface area contributed by atoms with Crippen LogP contribution in [0.5, 0.6) is 5.75 Å². The second-order valence-electron chi connectivity index (χ2n) is 6.59. The second kappa shape index (κ2) is 6.95. The number of hydrogen-bond acceptors (Lipinski definition) is 5. The molecule has 0 radical (unpaired) electrons. The van der Waals surface area contributed by atoms with Crippen molar-refractivity contribution in [3.8, 4) is 34.5 Å². The summed E-state index contributed by atoms with van der Waals surface area (Å²) in [5.41, 5.74) is 4.04. The van der Waals surface area contributed by atoms with E-state index in [4.69, 9.17) is 5.26 Å². The highest BCUT2D eigenvalue weighted by molar-refractivity contribution is 5.67. The van der Waals surface area contributed by atoms with E-state index in [-0.39, 0.29) is 5.75 Å². The molecule has 0 amide bonds. The van der Waals surface area contributed by atoms with Crippen molar-refractivity contribution in [3.63, 3.8) is 0 Å². The average Bonchev–Trinajstić information content (AvgIpc) is 3.10. The number of aryl methyl sites for hydroxylation is 1. The highest BCUT2D eigenvalue weighted by Crippen LogP contribution is 2.29. The van der Waals surface area contributed by atoms with Gasteiger partial charge in [0.1, 0.15) is 5.75 Å². The lowest BCUT2D eigenvalue weighted by Crippen LogP contribution is -2.19. The molecule has 0 unspecified atom stereocenters. The highest BCUT2D eigenvalue weighted by Gasteiger charge is 2.23. The third-order valence-corrected chi connectivity index (χ3v) is 4.31. The van der Waals surface area contributed by atoms with E-state index in [1.807, 2.05) is 0 Å². The van der Waals surface area contributed by atoms with Crippen LogP contribution in [-0.2, 0) is 0 Å². The number of hydrogen-bond donors (Lipinski definition) is 0. The summed E-state index contributed by atoms with van der Waals surface area (Å²) in [6, 6.07) is 17.3. The Kier molecular flexibility index (Phi) is 4.43. The summed E-state index contributed by atoms with van der Waals surface area (Å²) >= 11 is 0. The first-order chi connectivity index (χ1) is 13.8. The molecule has 0 aliphatic heterocycles. The molecule has 0 spiro atoms. The van der Waals surface area contributed by atoms with Gasteiger partial charge in [-0.15, -0.1) is 10.2 Å². The topological polar surface area (TPSA) is 76.1 Å². The number of fused-ring (bicyclic) bond motifs is 1. The molecule has 0 aliphatic rings. The van der Waals surface area contributed by atoms with Gasteiger partial charge in [-0.3, -0.25) is 0 Å². The first-order valence-corrected chi connectivity index (χ1v) is 8.75. The Hall–Kier alpha value is -3.86. The molecule has 144 valence electrons. The Morgan fingerprint density at radius 3 is 2.45 bits per heavy atom. The number of alkyl halides is 2. The van der Waals surface area contributed by atoms with Crippen LogP contribution < -0.4 is 4.74 Å². The first kappa shape index (κ1) is 18.5. The van der Waals surface area contributed by atoms with Gasteiger partial charge in [-0.05, 0) is 67.1 Å². The second-order valence-corrected chi connectivity index (χ2v) is 6.59. The molecule has 2 aromatic heterocycles. The zero-order valence-corrected chi connectivity index (χ0v) is 15.6. The Morgan fingerprint density at radius 2 is 1.79 bits per heavy atom. The van der Waals surface area contributed by atoms with Crippen molar-refractivity contribution in [3.05, 3.63) is 65.7 Å². The molecule has 0 atom stereocenters. The maximum absolute atomic E-state index is 13.1. The van der Waals surface area contributed by atoms with Crippen LogP contribution in [0.1, 0.15) is 18.1 Å². The number of aromatic nitrogens is 4. The summed E-state index contributed by atoms with van der Waals surface area (Å²) in [5.74, 6) is 0.622. The van der Waals surface area contributed by atoms with Crippen molar-refractivity contribution in [2.75, 3.05) is 0 Å². The van der Waals surface area contributed by atoms with Crippen molar-refractivity contribution in [1.29, 1.82) is 5.26 Å². The van der Waals surface area contributed by atoms with Gasteiger partial charge in [-0.25, -0.2) is 0 Å². The first-order valence-electron chi connectivity index (χ1n) is 8.75. The van der Waals surface area contributed by atoms with Gasteiger partial charge in [0.15, 0.2) is 11.5 Å². The summed E-state index contributed by atoms with van der Waals surface area (Å²) in [6.07, 6.45) is -3.25. The van der Waals surface area contributed by atoms with E-state index in [0.717, 1.165) is 16.7 Å². The van der Waals surface area contributed by atoms with E-state index in [0.29, 0.717) is 29.7 Å². The van der Waals surface area contributed by atoms with Crippen LogP contribution >= 0.6 is 0 Å². The molecule has 0 saturated heterocycles. The average molecular weight is 391 g/mol. The fourth-order valence-electron chi connectivity index (χ4n) is 3.00. The number of nitriles is 1. The normalized spacial score (nSPS) is 11.4. The molecular weight excluding hydrogens is 376 g/mol. The van der Waals surface area contributed by atoms with Crippen LogP contribution in [0.4, 0.5) is 8.78 Å². The fraction of sp³-hybridized carbons (Fsp3) is 0.143. The Morgan fingerprint density at radius 1 is 1.03 bits per heavy atom. The quantitative estimate of drug-likeness (QED) is 0.507. The van der Waals surface area contributed by atoms with Gasteiger partial charge >= 0.3 is 6.11 Å². The minimum atomic E-state index is -3.25. The summed E-state index contributed by atoms with van der Waals surface area (Å²) in [5, 5.41) is 21.9. The van der Waals surface area contributed by atoms with Crippen molar-refractivity contribution >= 4 is 5.65 Å². The molecule has 0 saturated carbocycles. The van der Waals surface area contributed by atoms with Crippen molar-refractivity contribution < 1.29 is 13.5 Å². The van der Waals surface area contributed by atoms with Gasteiger partial charge in [0.05, 0.1) is 17.3 Å². The van der Waals surface area contributed by atoms with Crippen molar-refractivity contribution in [1.82, 2.24) is 19.8 Å². The van der Waals surface area contributed by atoms with Crippen LogP contribution in [-0.4, -0.2) is 25.9 Å². The fourth-order valence-corrected chi connectivity index (χ4v) is 3.00. The van der Waals surface area contributed by atoms with Gasteiger partial charge in [0.2, 0.25) is 0 Å². The van der Waals surface area contributed by atoms with Crippen LogP contribution in [0.3, 0.4) is 0 Å². The minimum absolute atomic E-state index is 0.0856. The molecule has 0 bridgehead atoms. The van der Waals surface area contributed by atoms with Gasteiger partial charge < -0.3 is 4.74 Å². The molecule has 0 N–H and O–H groups in total. The maximum atomic E-state index is 13.1. The maximum Gasteiger partial charge on any atom is 0.394 e. The molecule has 2 heterocycles. The van der Waals surface area contributed by atoms with E-state index in [9.17, 15) is 8.78 Å². The zero-order chi connectivity index (χ0) is 20.6. The Labute approximate surface area is 165 Å². The number of rotatable bonds is 4. The predicted molar refractivity (Wildman–Crippen MR) is 102 cm³/mol. The summed E-state index contributed by atoms with van der Waals surface area (Å²) in [7, 11) is 0. The molecule has 0 fully saturated rings. The number of halogens is 2. The van der Waals surface area contributed by atoms with Crippen LogP contribution in [0.2, 0.25) is 0 Å². The highest BCUT2D eigenvalue weighted by atomic mass is 19.3. The Balaban J connectivity index is 1.75. The smallest absolute Gasteiger partial charge is 0.394 e. The van der Waals surface area contributed by atoms with E-state index in [1.165, 1.54) is 6.07 Å². The predicted octanol–water partition coefficient (Wildman–Crippen LogP) is 4.63.